The van der Waals surface area contributed by atoms with Gasteiger partial charge in [-0.1, -0.05) is 91.0 Å². The summed E-state index contributed by atoms with van der Waals surface area (Å²) in [7, 11) is 0. The number of nitrogens with one attached hydrogen (secondary N) is 2. The van der Waals surface area contributed by atoms with Crippen LogP contribution in [0.25, 0.3) is 10.8 Å². The van der Waals surface area contributed by atoms with Crippen molar-refractivity contribution in [2.24, 2.45) is 0 Å². The zero-order valence-corrected chi connectivity index (χ0v) is 18.4. The molecule has 1 atom stereocenters. The van der Waals surface area contributed by atoms with E-state index >= 15 is 0 Å². The van der Waals surface area contributed by atoms with Crippen molar-refractivity contribution in [1.29, 1.82) is 0 Å². The average Bonchev–Trinajstić information content (AvgIpc) is 3.10. The Bertz CT molecular complexity index is 1370. The van der Waals surface area contributed by atoms with Gasteiger partial charge >= 0.3 is 6.03 Å². The van der Waals surface area contributed by atoms with E-state index in [1.54, 1.807) is 6.07 Å². The van der Waals surface area contributed by atoms with Gasteiger partial charge in [-0.15, -0.1) is 0 Å². The van der Waals surface area contributed by atoms with Crippen LogP contribution in [0, 0.1) is 0 Å². The maximum absolute atomic E-state index is 13.7. The van der Waals surface area contributed by atoms with E-state index < -0.39 is 23.4 Å². The fraction of sp³-hybridized carbons (Fsp3) is 0.107. The van der Waals surface area contributed by atoms with E-state index in [2.05, 4.69) is 10.6 Å². The number of fused-ring (bicyclic) bond motifs is 1. The predicted molar refractivity (Wildman–Crippen MR) is 131 cm³/mol. The minimum absolute atomic E-state index is 0.283. The highest BCUT2D eigenvalue weighted by molar-refractivity contribution is 6.10. The maximum atomic E-state index is 13.7. The first-order chi connectivity index (χ1) is 16.5. The lowest BCUT2D eigenvalue weighted by Gasteiger charge is -2.27. The van der Waals surface area contributed by atoms with Crippen LogP contribution in [0.4, 0.5) is 10.5 Å². The number of urea groups is 1. The van der Waals surface area contributed by atoms with Crippen LogP contribution in [-0.2, 0) is 21.5 Å². The van der Waals surface area contributed by atoms with Crippen LogP contribution in [0.2, 0.25) is 0 Å². The zero-order chi connectivity index (χ0) is 23.5. The predicted octanol–water partition coefficient (Wildman–Crippen LogP) is 4.47. The van der Waals surface area contributed by atoms with Gasteiger partial charge in [-0.05, 0) is 34.0 Å². The van der Waals surface area contributed by atoms with Gasteiger partial charge in [0.25, 0.3) is 5.91 Å². The molecule has 0 aromatic heterocycles. The highest BCUT2D eigenvalue weighted by atomic mass is 16.2. The largest absolute Gasteiger partial charge is 0.325 e. The van der Waals surface area contributed by atoms with Gasteiger partial charge in [0.1, 0.15) is 6.54 Å². The first kappa shape index (κ1) is 21.4. The summed E-state index contributed by atoms with van der Waals surface area (Å²) >= 11 is 0. The molecule has 2 N–H and O–H groups in total. The fourth-order valence-electron chi connectivity index (χ4n) is 4.42. The second-order valence-electron chi connectivity index (χ2n) is 8.37. The molecule has 1 unspecified atom stereocenters. The van der Waals surface area contributed by atoms with E-state index in [1.165, 1.54) is 0 Å². The second kappa shape index (κ2) is 8.83. The highest BCUT2D eigenvalue weighted by Gasteiger charge is 2.52. The summed E-state index contributed by atoms with van der Waals surface area (Å²) in [6.45, 7) is -0.374. The van der Waals surface area contributed by atoms with Crippen molar-refractivity contribution in [3.63, 3.8) is 0 Å². The molecule has 6 heteroatoms. The molecule has 0 spiro atoms. The Kier molecular flexibility index (Phi) is 5.55. The SMILES string of the molecule is O=C(CN1C(=O)NC(Cc2ccccc2)(c2ccccc2)C1=O)Nc1ccc2ccccc2c1. The number of rotatable bonds is 6. The summed E-state index contributed by atoms with van der Waals surface area (Å²) in [6, 6.07) is 31.5. The number of benzene rings is 4. The summed E-state index contributed by atoms with van der Waals surface area (Å²) in [4.78, 5) is 40.4. The lowest BCUT2D eigenvalue weighted by Crippen LogP contribution is -2.46. The summed E-state index contributed by atoms with van der Waals surface area (Å²) in [5, 5.41) is 7.73. The normalized spacial score (nSPS) is 17.6. The number of amides is 4. The molecule has 6 nitrogen and oxygen atoms in total. The molecule has 0 radical (unpaired) electrons. The molecule has 4 aromatic carbocycles. The van der Waals surface area contributed by atoms with Gasteiger partial charge in [0.05, 0.1) is 0 Å². The lowest BCUT2D eigenvalue weighted by atomic mass is 9.83. The molecule has 4 aromatic rings. The minimum atomic E-state index is -1.27. The van der Waals surface area contributed by atoms with Gasteiger partial charge in [0.15, 0.2) is 5.54 Å². The third kappa shape index (κ3) is 4.01. The molecule has 0 aliphatic carbocycles. The van der Waals surface area contributed by atoms with Gasteiger partial charge in [0, 0.05) is 12.1 Å². The standard InChI is InChI=1S/C28H23N3O3/c32-25(29-24-16-15-21-11-7-8-12-22(21)17-24)19-31-26(33)28(30-27(31)34,23-13-5-2-6-14-23)18-20-9-3-1-4-10-20/h1-17H,18-19H2,(H,29,32)(H,30,34). The Labute approximate surface area is 197 Å². The Hall–Kier alpha value is -4.45. The van der Waals surface area contributed by atoms with E-state index in [1.807, 2.05) is 97.1 Å². The van der Waals surface area contributed by atoms with E-state index in [-0.39, 0.29) is 13.0 Å². The number of imide groups is 1. The number of carbonyl (C=O) groups excluding carboxylic acids is 3. The molecular formula is C28H23N3O3. The van der Waals surface area contributed by atoms with E-state index in [4.69, 9.17) is 0 Å². The summed E-state index contributed by atoms with van der Waals surface area (Å²) in [5.41, 5.74) is 0.912. The minimum Gasteiger partial charge on any atom is -0.325 e. The van der Waals surface area contributed by atoms with Gasteiger partial charge in [0.2, 0.25) is 5.91 Å². The summed E-state index contributed by atoms with van der Waals surface area (Å²) in [6.07, 6.45) is 0.283. The molecule has 0 saturated carbocycles. The Morgan fingerprint density at radius 3 is 2.18 bits per heavy atom. The molecule has 1 fully saturated rings. The molecule has 1 saturated heterocycles. The van der Waals surface area contributed by atoms with Crippen molar-refractivity contribution in [2.75, 3.05) is 11.9 Å². The van der Waals surface area contributed by atoms with Crippen molar-refractivity contribution >= 4 is 34.3 Å². The summed E-state index contributed by atoms with van der Waals surface area (Å²) in [5.74, 6) is -0.886. The van der Waals surface area contributed by atoms with Gasteiger partial charge in [-0.2, -0.15) is 0 Å². The fourth-order valence-corrected chi connectivity index (χ4v) is 4.42. The molecule has 168 valence electrons. The second-order valence-corrected chi connectivity index (χ2v) is 8.37. The van der Waals surface area contributed by atoms with E-state index in [0.29, 0.717) is 11.3 Å². The topological polar surface area (TPSA) is 78.5 Å². The Balaban J connectivity index is 1.39. The molecule has 4 amide bonds. The molecule has 0 bridgehead atoms. The number of hydrogen-bond donors (Lipinski definition) is 2. The Morgan fingerprint density at radius 2 is 1.44 bits per heavy atom. The van der Waals surface area contributed by atoms with Crippen molar-refractivity contribution in [1.82, 2.24) is 10.2 Å². The maximum Gasteiger partial charge on any atom is 0.325 e. The van der Waals surface area contributed by atoms with Gasteiger partial charge in [-0.25, -0.2) is 4.79 Å². The quantitative estimate of drug-likeness (QED) is 0.427. The number of hydrogen-bond acceptors (Lipinski definition) is 3. The molecule has 34 heavy (non-hydrogen) atoms. The molecule has 1 aliphatic heterocycles. The van der Waals surface area contributed by atoms with E-state index in [0.717, 1.165) is 21.2 Å². The zero-order valence-electron chi connectivity index (χ0n) is 18.4. The number of nitrogens with zero attached hydrogens (tertiary/aromatic N) is 1. The van der Waals surface area contributed by atoms with Crippen LogP contribution < -0.4 is 10.6 Å². The lowest BCUT2D eigenvalue weighted by molar-refractivity contribution is -0.134. The number of carbonyl (C=O) groups is 3. The van der Waals surface area contributed by atoms with Crippen LogP contribution in [-0.4, -0.2) is 29.3 Å². The number of anilines is 1. The van der Waals surface area contributed by atoms with Crippen molar-refractivity contribution in [3.8, 4) is 0 Å². The third-order valence-electron chi connectivity index (χ3n) is 6.09. The third-order valence-corrected chi connectivity index (χ3v) is 6.09. The Morgan fingerprint density at radius 1 is 0.794 bits per heavy atom. The summed E-state index contributed by atoms with van der Waals surface area (Å²) < 4.78 is 0. The van der Waals surface area contributed by atoms with Gasteiger partial charge in [-0.3, -0.25) is 14.5 Å². The molecule has 1 heterocycles. The van der Waals surface area contributed by atoms with Crippen LogP contribution >= 0.6 is 0 Å². The van der Waals surface area contributed by atoms with Crippen molar-refractivity contribution < 1.29 is 14.4 Å². The average molecular weight is 450 g/mol. The van der Waals surface area contributed by atoms with Crippen molar-refractivity contribution in [3.05, 3.63) is 114 Å². The van der Waals surface area contributed by atoms with E-state index in [9.17, 15) is 14.4 Å². The van der Waals surface area contributed by atoms with Crippen LogP contribution in [0.15, 0.2) is 103 Å². The first-order valence-corrected chi connectivity index (χ1v) is 11.1. The molecule has 1 aliphatic rings. The molecule has 5 rings (SSSR count). The van der Waals surface area contributed by atoms with Crippen LogP contribution in [0.5, 0.6) is 0 Å². The molecular weight excluding hydrogens is 426 g/mol. The van der Waals surface area contributed by atoms with Gasteiger partial charge < -0.3 is 10.6 Å². The van der Waals surface area contributed by atoms with Crippen molar-refractivity contribution in [2.45, 2.75) is 12.0 Å². The van der Waals surface area contributed by atoms with Crippen LogP contribution in [0.3, 0.4) is 0 Å². The van der Waals surface area contributed by atoms with Crippen LogP contribution in [0.1, 0.15) is 11.1 Å². The highest BCUT2D eigenvalue weighted by Crippen LogP contribution is 2.33. The monoisotopic (exact) mass is 449 g/mol. The first-order valence-electron chi connectivity index (χ1n) is 11.1. The smallest absolute Gasteiger partial charge is 0.325 e.